The third-order valence-corrected chi connectivity index (χ3v) is 10.8. The van der Waals surface area contributed by atoms with Crippen molar-refractivity contribution < 1.29 is 42.1 Å². The molecule has 2 fully saturated rings. The third-order valence-electron chi connectivity index (χ3n) is 10.3. The molecule has 16 heteroatoms. The molecule has 2 aliphatic heterocycles. The lowest BCUT2D eigenvalue weighted by atomic mass is 9.62. The quantitative estimate of drug-likeness (QED) is 0.109. The molecule has 2 amide bonds. The summed E-state index contributed by atoms with van der Waals surface area (Å²) >= 11 is 12.4. The molecule has 2 saturated heterocycles. The van der Waals surface area contributed by atoms with Gasteiger partial charge in [0.1, 0.15) is 28.4 Å². The molecule has 5 rings (SSSR count). The molecular formula is C44H51Cl2F2N5O7. The second kappa shape index (κ2) is 18.3. The highest BCUT2D eigenvalue weighted by Crippen LogP contribution is 2.53. The first-order chi connectivity index (χ1) is 28.1. The summed E-state index contributed by atoms with van der Waals surface area (Å²) in [5.74, 6) is -4.04. The maximum absolute atomic E-state index is 16.1. The zero-order valence-electron chi connectivity index (χ0n) is 35.0. The Morgan fingerprint density at radius 2 is 1.67 bits per heavy atom. The van der Waals surface area contributed by atoms with Gasteiger partial charge in [-0.1, -0.05) is 62.2 Å². The van der Waals surface area contributed by atoms with Crippen LogP contribution in [0.2, 0.25) is 10.0 Å². The van der Waals surface area contributed by atoms with E-state index < -0.39 is 70.3 Å². The molecule has 3 aromatic rings. The number of methoxy groups -OCH3 is 1. The number of halogens is 4. The zero-order chi connectivity index (χ0) is 44.3. The summed E-state index contributed by atoms with van der Waals surface area (Å²) in [5, 5.41) is 17.1. The highest BCUT2D eigenvalue weighted by Gasteiger charge is 2.61. The molecule has 0 spiro atoms. The summed E-state index contributed by atoms with van der Waals surface area (Å²) < 4.78 is 54.5. The minimum absolute atomic E-state index is 0.0566. The van der Waals surface area contributed by atoms with E-state index in [2.05, 4.69) is 23.3 Å². The van der Waals surface area contributed by atoms with Crippen molar-refractivity contribution in [2.75, 3.05) is 38.6 Å². The fraction of sp³-hybridized carbons (Fsp3) is 0.455. The van der Waals surface area contributed by atoms with E-state index in [4.69, 9.17) is 42.1 Å². The minimum atomic E-state index is -1.83. The summed E-state index contributed by atoms with van der Waals surface area (Å²) in [6, 6.07) is 12.6. The minimum Gasteiger partial charge on any atom is -0.495 e. The molecule has 60 heavy (non-hydrogen) atoms. The first-order valence-corrected chi connectivity index (χ1v) is 20.2. The molecule has 0 aromatic heterocycles. The number of amides is 2. The summed E-state index contributed by atoms with van der Waals surface area (Å²) in [4.78, 5) is 43.7. The number of nitrogens with one attached hydrogen (secondary N) is 2. The number of benzene rings is 3. The van der Waals surface area contributed by atoms with Crippen LogP contribution in [0.3, 0.4) is 0 Å². The number of anilines is 1. The lowest BCUT2D eigenvalue weighted by Gasteiger charge is -2.37. The van der Waals surface area contributed by atoms with Crippen molar-refractivity contribution in [3.8, 4) is 11.8 Å². The van der Waals surface area contributed by atoms with Gasteiger partial charge in [0.2, 0.25) is 12.2 Å². The molecule has 2 aliphatic rings. The van der Waals surface area contributed by atoms with E-state index in [-0.39, 0.29) is 50.5 Å². The second-order valence-electron chi connectivity index (χ2n) is 17.0. The fourth-order valence-electron chi connectivity index (χ4n) is 7.66. The average molecular weight is 871 g/mol. The van der Waals surface area contributed by atoms with E-state index in [1.165, 1.54) is 62.6 Å². The van der Waals surface area contributed by atoms with Gasteiger partial charge < -0.3 is 39.4 Å². The van der Waals surface area contributed by atoms with Crippen LogP contribution in [0.5, 0.6) is 5.75 Å². The number of hydrogen-bond acceptors (Lipinski definition) is 10. The lowest BCUT2D eigenvalue weighted by Crippen LogP contribution is -2.49. The van der Waals surface area contributed by atoms with Crippen LogP contribution in [-0.2, 0) is 24.4 Å². The topological polar surface area (TPSA) is 142 Å². The number of piperazine rings is 1. The number of carbonyl (C=O) groups is 3. The Balaban J connectivity index is 1.36. The van der Waals surface area contributed by atoms with E-state index in [1.54, 1.807) is 25.7 Å². The van der Waals surface area contributed by atoms with Gasteiger partial charge in [-0.2, -0.15) is 5.26 Å². The SMILES string of the molecule is C=C(OC(C)OC(=O)c1ccc(NC(=O)[C@@H]2N[C@@H](CC(C)(C)C)[C@](C#N)(c3ccc(Cl)cc3F)[C@H]2c2cccc(Cl)c2F)c(OC)c1)N1CCN(C(=O)OC(C)(C)C)CC1. The predicted octanol–water partition coefficient (Wildman–Crippen LogP) is 8.78. The van der Waals surface area contributed by atoms with E-state index in [0.29, 0.717) is 26.2 Å². The Bertz CT molecular complexity index is 2160. The molecule has 0 saturated carbocycles. The summed E-state index contributed by atoms with van der Waals surface area (Å²) in [6.07, 6.45) is -1.17. The maximum Gasteiger partial charge on any atom is 0.410 e. The van der Waals surface area contributed by atoms with Crippen LogP contribution in [0.25, 0.3) is 0 Å². The third kappa shape index (κ3) is 10.3. The molecule has 0 radical (unpaired) electrons. The highest BCUT2D eigenvalue weighted by atomic mass is 35.5. The number of rotatable bonds is 11. The zero-order valence-corrected chi connectivity index (χ0v) is 36.5. The number of ether oxygens (including phenoxy) is 4. The second-order valence-corrected chi connectivity index (χ2v) is 17.9. The van der Waals surface area contributed by atoms with Gasteiger partial charge in [0.15, 0.2) is 5.88 Å². The maximum atomic E-state index is 16.1. The number of esters is 1. The largest absolute Gasteiger partial charge is 0.495 e. The van der Waals surface area contributed by atoms with Crippen molar-refractivity contribution in [3.05, 3.63) is 105 Å². The standard InChI is InChI=1S/C44H51Cl2F2N5O7/c1-25(52-17-19-53(20-18-52)41(56)60-43(6,7)8)58-26(2)59-40(55)27-13-16-33(34(21-27)57-9)50-39(54)38-36(29-11-10-12-31(46)37(29)48)44(24-49,35(51-38)23-42(3,4)5)30-15-14-28(45)22-32(30)47/h10-16,21-22,26,35-36,38,51H,1,17-20,23H2,2-9H3,(H,50,54)/t26?,35-,36-,38+,44-/m0/s1. The Labute approximate surface area is 359 Å². The molecule has 322 valence electrons. The summed E-state index contributed by atoms with van der Waals surface area (Å²) in [6.45, 7) is 18.4. The van der Waals surface area contributed by atoms with Crippen molar-refractivity contribution >= 4 is 46.9 Å². The smallest absolute Gasteiger partial charge is 0.410 e. The van der Waals surface area contributed by atoms with Gasteiger partial charge in [0.25, 0.3) is 0 Å². The van der Waals surface area contributed by atoms with Crippen LogP contribution < -0.4 is 15.4 Å². The molecule has 1 unspecified atom stereocenters. The van der Waals surface area contributed by atoms with Gasteiger partial charge >= 0.3 is 12.1 Å². The molecule has 2 N–H and O–H groups in total. The van der Waals surface area contributed by atoms with E-state index in [9.17, 15) is 19.6 Å². The normalized spacial score (nSPS) is 21.1. The van der Waals surface area contributed by atoms with Crippen LogP contribution in [0.15, 0.2) is 67.1 Å². The first kappa shape index (κ1) is 46.0. The van der Waals surface area contributed by atoms with Crippen LogP contribution in [0, 0.1) is 28.4 Å². The summed E-state index contributed by atoms with van der Waals surface area (Å²) in [7, 11) is 1.35. The van der Waals surface area contributed by atoms with Crippen molar-refractivity contribution in [2.45, 2.75) is 90.2 Å². The van der Waals surface area contributed by atoms with Gasteiger partial charge in [-0.3, -0.25) is 4.79 Å². The average Bonchev–Trinajstić information content (AvgIpc) is 3.48. The number of nitrogens with zero attached hydrogens (tertiary/aromatic N) is 3. The highest BCUT2D eigenvalue weighted by molar-refractivity contribution is 6.31. The number of nitriles is 1. The van der Waals surface area contributed by atoms with Crippen LogP contribution >= 0.6 is 23.2 Å². The van der Waals surface area contributed by atoms with Crippen molar-refractivity contribution in [2.24, 2.45) is 5.41 Å². The van der Waals surface area contributed by atoms with Gasteiger partial charge in [0.05, 0.1) is 35.5 Å². The molecule has 3 aromatic carbocycles. The molecule has 12 nitrogen and oxygen atoms in total. The Kier molecular flexibility index (Phi) is 14.0. The van der Waals surface area contributed by atoms with Crippen molar-refractivity contribution in [1.82, 2.24) is 15.1 Å². The monoisotopic (exact) mass is 869 g/mol. The van der Waals surface area contributed by atoms with Gasteiger partial charge in [-0.25, -0.2) is 18.4 Å². The van der Waals surface area contributed by atoms with Gasteiger partial charge in [-0.05, 0) is 81.1 Å². The Hall–Kier alpha value is -5.10. The molecule has 5 atom stereocenters. The molecule has 2 heterocycles. The Morgan fingerprint density at radius 1 is 1.00 bits per heavy atom. The molecule has 0 bridgehead atoms. The van der Waals surface area contributed by atoms with Crippen LogP contribution in [0.1, 0.15) is 82.3 Å². The molecular weight excluding hydrogens is 819 g/mol. The van der Waals surface area contributed by atoms with Gasteiger partial charge in [0, 0.05) is 55.6 Å². The fourth-order valence-corrected chi connectivity index (χ4v) is 8.00. The van der Waals surface area contributed by atoms with Crippen LogP contribution in [-0.4, -0.2) is 85.0 Å². The number of carbonyl (C=O) groups excluding carboxylic acids is 3. The van der Waals surface area contributed by atoms with Gasteiger partial charge in [-0.15, -0.1) is 0 Å². The van der Waals surface area contributed by atoms with Crippen molar-refractivity contribution in [1.29, 1.82) is 5.26 Å². The Morgan fingerprint density at radius 3 is 2.27 bits per heavy atom. The predicted molar refractivity (Wildman–Crippen MR) is 224 cm³/mol. The lowest BCUT2D eigenvalue weighted by molar-refractivity contribution is -0.118. The van der Waals surface area contributed by atoms with Crippen molar-refractivity contribution in [3.63, 3.8) is 0 Å². The van der Waals surface area contributed by atoms with E-state index in [0.717, 1.165) is 6.07 Å². The van der Waals surface area contributed by atoms with E-state index >= 15 is 8.78 Å². The number of hydrogen-bond donors (Lipinski definition) is 2. The summed E-state index contributed by atoms with van der Waals surface area (Å²) in [5.41, 5.74) is -2.78. The van der Waals surface area contributed by atoms with E-state index in [1.807, 2.05) is 25.7 Å². The molecule has 0 aliphatic carbocycles. The first-order valence-electron chi connectivity index (χ1n) is 19.4. The van der Waals surface area contributed by atoms with Crippen LogP contribution in [0.4, 0.5) is 19.3 Å².